The van der Waals surface area contributed by atoms with Crippen LogP contribution in [0.1, 0.15) is 46.5 Å². The fourth-order valence-electron chi connectivity index (χ4n) is 2.42. The lowest BCUT2D eigenvalue weighted by molar-refractivity contribution is -0.135. The van der Waals surface area contributed by atoms with E-state index in [1.807, 2.05) is 20.8 Å². The summed E-state index contributed by atoms with van der Waals surface area (Å²) in [7, 11) is 1.34. The minimum atomic E-state index is -0.479. The highest BCUT2D eigenvalue weighted by Crippen LogP contribution is 2.40. The van der Waals surface area contributed by atoms with E-state index in [2.05, 4.69) is 10.8 Å². The van der Waals surface area contributed by atoms with Gasteiger partial charge < -0.3 is 14.3 Å². The molecule has 0 aromatic carbocycles. The lowest BCUT2D eigenvalue weighted by Gasteiger charge is -2.28. The number of carbonyl (C=O) groups excluding carboxylic acids is 2. The molecule has 0 aromatic rings. The number of esters is 1. The molecule has 0 spiro atoms. The average Bonchev–Trinajstić information content (AvgIpc) is 2.83. The highest BCUT2D eigenvalue weighted by atomic mass is 16.5. The third-order valence-corrected chi connectivity index (χ3v) is 3.82. The first-order chi connectivity index (χ1) is 9.53. The lowest BCUT2D eigenvalue weighted by Crippen LogP contribution is -2.29. The number of rotatable bonds is 7. The molecule has 4 nitrogen and oxygen atoms in total. The zero-order chi connectivity index (χ0) is 15.2. The van der Waals surface area contributed by atoms with E-state index in [9.17, 15) is 9.59 Å². The molecule has 0 saturated carbocycles. The Morgan fingerprint density at radius 2 is 2.15 bits per heavy atom. The largest absolute Gasteiger partial charge is 0.483 e. The van der Waals surface area contributed by atoms with E-state index in [1.54, 1.807) is 0 Å². The Balaban J connectivity index is 3.01. The van der Waals surface area contributed by atoms with Crippen LogP contribution >= 0.6 is 0 Å². The van der Waals surface area contributed by atoms with E-state index in [-0.39, 0.29) is 5.92 Å². The summed E-state index contributed by atoms with van der Waals surface area (Å²) >= 11 is 0. The first kappa shape index (κ1) is 16.5. The van der Waals surface area contributed by atoms with Gasteiger partial charge in [-0.05, 0) is 30.9 Å². The Morgan fingerprint density at radius 3 is 2.60 bits per heavy atom. The summed E-state index contributed by atoms with van der Waals surface area (Å²) in [6, 6.07) is 0. The van der Waals surface area contributed by atoms with Gasteiger partial charge in [-0.1, -0.05) is 20.8 Å². The third-order valence-electron chi connectivity index (χ3n) is 3.82. The molecule has 0 radical (unpaired) electrons. The predicted octanol–water partition coefficient (Wildman–Crippen LogP) is 3.17. The van der Waals surface area contributed by atoms with Crippen LogP contribution in [0, 0.1) is 5.92 Å². The number of methoxy groups -OCH3 is 1. The topological polar surface area (TPSA) is 52.6 Å². The fourth-order valence-corrected chi connectivity index (χ4v) is 2.42. The molecule has 0 N–H and O–H groups in total. The van der Waals surface area contributed by atoms with Crippen LogP contribution in [0.15, 0.2) is 23.5 Å². The molecule has 0 saturated heterocycles. The highest BCUT2D eigenvalue weighted by molar-refractivity contribution is 5.83. The first-order valence-corrected chi connectivity index (χ1v) is 7.20. The average molecular weight is 280 g/mol. The summed E-state index contributed by atoms with van der Waals surface area (Å²) < 4.78 is 10.7. The smallest absolute Gasteiger partial charge is 0.334 e. The second-order valence-electron chi connectivity index (χ2n) is 5.08. The van der Waals surface area contributed by atoms with Gasteiger partial charge in [0, 0.05) is 12.3 Å². The summed E-state index contributed by atoms with van der Waals surface area (Å²) in [4.78, 5) is 22.5. The van der Waals surface area contributed by atoms with Crippen molar-refractivity contribution >= 4 is 12.3 Å². The van der Waals surface area contributed by atoms with Crippen molar-refractivity contribution in [3.8, 4) is 0 Å². The molecule has 1 aliphatic heterocycles. The maximum Gasteiger partial charge on any atom is 0.334 e. The van der Waals surface area contributed by atoms with E-state index in [1.165, 1.54) is 13.2 Å². The van der Waals surface area contributed by atoms with Crippen molar-refractivity contribution in [1.82, 2.24) is 0 Å². The van der Waals surface area contributed by atoms with Crippen LogP contribution in [-0.2, 0) is 19.1 Å². The zero-order valence-electron chi connectivity index (χ0n) is 12.8. The van der Waals surface area contributed by atoms with Crippen molar-refractivity contribution in [2.45, 2.75) is 52.1 Å². The number of hydrogen-bond donors (Lipinski definition) is 0. The minimum absolute atomic E-state index is 0.0261. The molecule has 1 rings (SSSR count). The van der Waals surface area contributed by atoms with Crippen molar-refractivity contribution in [3.05, 3.63) is 23.5 Å². The van der Waals surface area contributed by atoms with Crippen LogP contribution in [0.3, 0.4) is 0 Å². The van der Waals surface area contributed by atoms with Crippen molar-refractivity contribution in [2.24, 2.45) is 5.92 Å². The third kappa shape index (κ3) is 3.71. The molecule has 0 amide bonds. The Bertz CT molecular complexity index is 422. The number of allylic oxidation sites excluding steroid dienone is 1. The molecule has 20 heavy (non-hydrogen) atoms. The predicted molar refractivity (Wildman–Crippen MR) is 77.0 cm³/mol. The van der Waals surface area contributed by atoms with Crippen LogP contribution < -0.4 is 0 Å². The fraction of sp³-hybridized carbons (Fsp3) is 0.625. The molecule has 1 aliphatic rings. The summed E-state index contributed by atoms with van der Waals surface area (Å²) in [6.45, 7) is 6.04. The van der Waals surface area contributed by atoms with Crippen LogP contribution in [0.5, 0.6) is 0 Å². The monoisotopic (exact) mass is 280 g/mol. The van der Waals surface area contributed by atoms with E-state index < -0.39 is 11.6 Å². The molecule has 0 fully saturated rings. The molecule has 112 valence electrons. The number of hydrogen-bond acceptors (Lipinski definition) is 4. The molecule has 1 heterocycles. The van der Waals surface area contributed by atoms with Gasteiger partial charge >= 0.3 is 5.97 Å². The minimum Gasteiger partial charge on any atom is -0.483 e. The Hall–Kier alpha value is -1.58. The van der Waals surface area contributed by atoms with Gasteiger partial charge in [0.2, 0.25) is 0 Å². The van der Waals surface area contributed by atoms with Gasteiger partial charge in [0.25, 0.3) is 0 Å². The molecule has 0 bridgehead atoms. The summed E-state index contributed by atoms with van der Waals surface area (Å²) in [6.07, 6.45) is 7.41. The highest BCUT2D eigenvalue weighted by Gasteiger charge is 2.37. The van der Waals surface area contributed by atoms with Gasteiger partial charge in [0.15, 0.2) is 0 Å². The number of ether oxygens (including phenoxy) is 2. The first-order valence-electron chi connectivity index (χ1n) is 7.20. The van der Waals surface area contributed by atoms with Gasteiger partial charge in [-0.2, -0.15) is 0 Å². The van der Waals surface area contributed by atoms with Crippen LogP contribution in [0.4, 0.5) is 0 Å². The molecule has 0 unspecified atom stereocenters. The molecule has 0 aliphatic carbocycles. The Morgan fingerprint density at radius 1 is 1.45 bits per heavy atom. The quantitative estimate of drug-likeness (QED) is 0.408. The Kier molecular flexibility index (Phi) is 5.99. The maximum atomic E-state index is 11.4. The summed E-state index contributed by atoms with van der Waals surface area (Å²) in [5, 5.41) is 0. The molecular weight excluding hydrogens is 256 g/mol. The SMILES string of the molecule is CCC1=C[C@@](CC)(C[C@H](C=O)CC)O/C1=C\C(=O)OC. The lowest BCUT2D eigenvalue weighted by atomic mass is 9.87. The molecule has 4 heteroatoms. The van der Waals surface area contributed by atoms with E-state index in [0.717, 1.165) is 31.1 Å². The van der Waals surface area contributed by atoms with Crippen LogP contribution in [0.2, 0.25) is 0 Å². The summed E-state index contributed by atoms with van der Waals surface area (Å²) in [5.74, 6) is 0.123. The molecule has 2 atom stereocenters. The van der Waals surface area contributed by atoms with E-state index >= 15 is 0 Å². The van der Waals surface area contributed by atoms with Crippen molar-refractivity contribution in [3.63, 3.8) is 0 Å². The zero-order valence-corrected chi connectivity index (χ0v) is 12.8. The van der Waals surface area contributed by atoms with Crippen LogP contribution in [0.25, 0.3) is 0 Å². The Labute approximate surface area is 120 Å². The standard InChI is InChI=1S/C16H24O4/c1-5-12(11-17)9-16(7-3)10-13(6-2)14(20-16)8-15(18)19-4/h8,10-12H,5-7,9H2,1-4H3/b14-8-/t12-,16-/m1/s1. The van der Waals surface area contributed by atoms with Gasteiger partial charge in [-0.15, -0.1) is 0 Å². The number of aldehydes is 1. The van der Waals surface area contributed by atoms with Crippen molar-refractivity contribution in [2.75, 3.05) is 7.11 Å². The second kappa shape index (κ2) is 7.27. The van der Waals surface area contributed by atoms with Gasteiger partial charge in [0.1, 0.15) is 17.6 Å². The summed E-state index contributed by atoms with van der Waals surface area (Å²) in [5.41, 5.74) is 0.519. The maximum absolute atomic E-state index is 11.4. The van der Waals surface area contributed by atoms with Crippen molar-refractivity contribution < 1.29 is 19.1 Å². The van der Waals surface area contributed by atoms with Gasteiger partial charge in [-0.3, -0.25) is 0 Å². The van der Waals surface area contributed by atoms with E-state index in [0.29, 0.717) is 12.2 Å². The molecule has 0 aromatic heterocycles. The van der Waals surface area contributed by atoms with E-state index in [4.69, 9.17) is 4.74 Å². The number of carbonyl (C=O) groups is 2. The van der Waals surface area contributed by atoms with Crippen LogP contribution in [-0.4, -0.2) is 25.0 Å². The normalized spacial score (nSPS) is 25.0. The van der Waals surface area contributed by atoms with Crippen molar-refractivity contribution in [1.29, 1.82) is 0 Å². The van der Waals surface area contributed by atoms with Gasteiger partial charge in [-0.25, -0.2) is 4.79 Å². The second-order valence-corrected chi connectivity index (χ2v) is 5.08. The molecular formula is C16H24O4. The van der Waals surface area contributed by atoms with Gasteiger partial charge in [0.05, 0.1) is 13.2 Å².